The van der Waals surface area contributed by atoms with Gasteiger partial charge in [0.2, 0.25) is 0 Å². The van der Waals surface area contributed by atoms with E-state index >= 15 is 0 Å². The van der Waals surface area contributed by atoms with Gasteiger partial charge in [-0.2, -0.15) is 0 Å². The highest BCUT2D eigenvalue weighted by atomic mass is 16.5. The first kappa shape index (κ1) is 15.4. The van der Waals surface area contributed by atoms with Gasteiger partial charge < -0.3 is 20.2 Å². The number of benzene rings is 1. The number of nitrogens with two attached hydrogens (primary N) is 1. The molecule has 0 unspecified atom stereocenters. The van der Waals surface area contributed by atoms with E-state index in [1.165, 1.54) is 0 Å². The van der Waals surface area contributed by atoms with Crippen LogP contribution in [-0.2, 0) is 9.47 Å². The number of hydrogen-bond donors (Lipinski definition) is 3. The summed E-state index contributed by atoms with van der Waals surface area (Å²) in [6.45, 7) is 3.90. The number of carbonyl (C=O) groups excluding carboxylic acids is 1. The van der Waals surface area contributed by atoms with E-state index in [9.17, 15) is 4.79 Å². The van der Waals surface area contributed by atoms with Crippen LogP contribution in [0.2, 0.25) is 0 Å². The fraction of sp³-hybridized carbons (Fsp3) is 0.462. The zero-order valence-corrected chi connectivity index (χ0v) is 11.4. The normalized spacial score (nSPS) is 10.3. The lowest BCUT2D eigenvalue weighted by Crippen LogP contribution is -2.28. The molecule has 0 saturated carbocycles. The molecular formula is C13H21N3O3. The van der Waals surface area contributed by atoms with Crippen molar-refractivity contribution in [2.75, 3.05) is 38.9 Å². The monoisotopic (exact) mass is 267 g/mol. The summed E-state index contributed by atoms with van der Waals surface area (Å²) in [5.74, 6) is 5.22. The van der Waals surface area contributed by atoms with Gasteiger partial charge in [-0.05, 0) is 24.6 Å². The van der Waals surface area contributed by atoms with Crippen LogP contribution < -0.4 is 16.6 Å². The predicted molar refractivity (Wildman–Crippen MR) is 74.0 cm³/mol. The van der Waals surface area contributed by atoms with Crippen molar-refractivity contribution in [3.05, 3.63) is 29.3 Å². The van der Waals surface area contributed by atoms with E-state index in [-0.39, 0.29) is 5.91 Å². The topological polar surface area (TPSA) is 85.6 Å². The van der Waals surface area contributed by atoms with Gasteiger partial charge in [0.1, 0.15) is 0 Å². The molecule has 0 aliphatic carbocycles. The molecule has 0 aromatic heterocycles. The van der Waals surface area contributed by atoms with Gasteiger partial charge in [0.05, 0.1) is 31.1 Å². The fourth-order valence-electron chi connectivity index (χ4n) is 1.55. The molecule has 1 rings (SSSR count). The average molecular weight is 267 g/mol. The molecule has 0 atom stereocenters. The molecule has 0 saturated heterocycles. The molecule has 1 aromatic rings. The number of hydrogen-bond acceptors (Lipinski definition) is 5. The molecule has 0 radical (unpaired) electrons. The molecule has 4 N–H and O–H groups in total. The number of rotatable bonds is 8. The zero-order chi connectivity index (χ0) is 14.1. The molecule has 1 aromatic carbocycles. The van der Waals surface area contributed by atoms with Crippen molar-refractivity contribution in [3.8, 4) is 0 Å². The Bertz CT molecular complexity index is 410. The fourth-order valence-corrected chi connectivity index (χ4v) is 1.55. The van der Waals surface area contributed by atoms with E-state index < -0.39 is 0 Å². The number of ether oxygens (including phenoxy) is 2. The van der Waals surface area contributed by atoms with Crippen LogP contribution in [0.5, 0.6) is 0 Å². The van der Waals surface area contributed by atoms with E-state index in [2.05, 4.69) is 10.7 Å². The summed E-state index contributed by atoms with van der Waals surface area (Å²) < 4.78 is 10.1. The predicted octanol–water partition coefficient (Wildman–Crippen LogP) is 0.673. The summed E-state index contributed by atoms with van der Waals surface area (Å²) in [5, 5.41) is 2.77. The van der Waals surface area contributed by atoms with Crippen molar-refractivity contribution in [2.45, 2.75) is 6.92 Å². The van der Waals surface area contributed by atoms with E-state index in [4.69, 9.17) is 15.3 Å². The maximum Gasteiger partial charge on any atom is 0.253 e. The van der Waals surface area contributed by atoms with Gasteiger partial charge >= 0.3 is 0 Å². The van der Waals surface area contributed by atoms with Crippen molar-refractivity contribution in [3.63, 3.8) is 0 Å². The van der Waals surface area contributed by atoms with Gasteiger partial charge in [0.25, 0.3) is 5.91 Å². The lowest BCUT2D eigenvalue weighted by molar-refractivity contribution is 0.0693. The first-order chi connectivity index (χ1) is 9.19. The highest BCUT2D eigenvalue weighted by Gasteiger charge is 2.10. The van der Waals surface area contributed by atoms with Gasteiger partial charge in [0, 0.05) is 13.7 Å². The Kier molecular flexibility index (Phi) is 6.88. The first-order valence-corrected chi connectivity index (χ1v) is 6.11. The number of aryl methyl sites for hydroxylation is 1. The number of amides is 1. The molecule has 0 spiro atoms. The van der Waals surface area contributed by atoms with Gasteiger partial charge in [-0.25, -0.2) is 0 Å². The molecule has 0 fully saturated rings. The molecule has 6 heteroatoms. The number of nitrogens with one attached hydrogen (secondary N) is 2. The smallest absolute Gasteiger partial charge is 0.253 e. The molecule has 0 aliphatic heterocycles. The summed E-state index contributed by atoms with van der Waals surface area (Å²) in [6, 6.07) is 5.43. The van der Waals surface area contributed by atoms with Crippen molar-refractivity contribution in [2.24, 2.45) is 5.84 Å². The second-order valence-electron chi connectivity index (χ2n) is 4.05. The SMILES string of the molecule is COCCOCCNC(=O)c1ccc(C)cc1NN. The highest BCUT2D eigenvalue weighted by Crippen LogP contribution is 2.16. The minimum absolute atomic E-state index is 0.178. The lowest BCUT2D eigenvalue weighted by atomic mass is 10.1. The Morgan fingerprint density at radius 3 is 2.79 bits per heavy atom. The van der Waals surface area contributed by atoms with Crippen LogP contribution in [0.15, 0.2) is 18.2 Å². The molecule has 0 bridgehead atoms. The summed E-state index contributed by atoms with van der Waals surface area (Å²) in [7, 11) is 1.61. The van der Waals surface area contributed by atoms with Crippen LogP contribution in [0.4, 0.5) is 5.69 Å². The van der Waals surface area contributed by atoms with Crippen LogP contribution in [0.3, 0.4) is 0 Å². The Hall–Kier alpha value is -1.63. The third-order valence-electron chi connectivity index (χ3n) is 2.54. The number of hydrazine groups is 1. The summed E-state index contributed by atoms with van der Waals surface area (Å²) in [5.41, 5.74) is 4.69. The average Bonchev–Trinajstić information content (AvgIpc) is 2.42. The lowest BCUT2D eigenvalue weighted by Gasteiger charge is -2.10. The largest absolute Gasteiger partial charge is 0.382 e. The van der Waals surface area contributed by atoms with Gasteiger partial charge in [0.15, 0.2) is 0 Å². The van der Waals surface area contributed by atoms with Gasteiger partial charge in [-0.1, -0.05) is 6.07 Å². The summed E-state index contributed by atoms with van der Waals surface area (Å²) >= 11 is 0. The van der Waals surface area contributed by atoms with Crippen LogP contribution >= 0.6 is 0 Å². The zero-order valence-electron chi connectivity index (χ0n) is 11.4. The van der Waals surface area contributed by atoms with E-state index in [1.807, 2.05) is 19.1 Å². The summed E-state index contributed by atoms with van der Waals surface area (Å²) in [6.07, 6.45) is 0. The van der Waals surface area contributed by atoms with E-state index in [1.54, 1.807) is 13.2 Å². The Labute approximate surface area is 113 Å². The van der Waals surface area contributed by atoms with E-state index in [0.29, 0.717) is 37.6 Å². The highest BCUT2D eigenvalue weighted by molar-refractivity contribution is 5.99. The maximum atomic E-state index is 11.9. The number of methoxy groups -OCH3 is 1. The molecule has 19 heavy (non-hydrogen) atoms. The Morgan fingerprint density at radius 1 is 1.32 bits per heavy atom. The van der Waals surface area contributed by atoms with Crippen molar-refractivity contribution >= 4 is 11.6 Å². The Balaban J connectivity index is 2.41. The quantitative estimate of drug-likeness (QED) is 0.366. The summed E-state index contributed by atoms with van der Waals surface area (Å²) in [4.78, 5) is 11.9. The molecule has 1 amide bonds. The van der Waals surface area contributed by atoms with Crippen molar-refractivity contribution in [1.29, 1.82) is 0 Å². The molecule has 0 aliphatic rings. The first-order valence-electron chi connectivity index (χ1n) is 6.11. The van der Waals surface area contributed by atoms with Gasteiger partial charge in [-0.3, -0.25) is 10.6 Å². The number of nitrogen functional groups attached to an aromatic ring is 1. The molecule has 106 valence electrons. The molecule has 0 heterocycles. The second-order valence-corrected chi connectivity index (χ2v) is 4.05. The number of carbonyl (C=O) groups is 1. The van der Waals surface area contributed by atoms with Crippen molar-refractivity contribution in [1.82, 2.24) is 5.32 Å². The standard InChI is InChI=1S/C13H21N3O3/c1-10-3-4-11(12(9-10)16-14)13(17)15-5-6-19-8-7-18-2/h3-4,9,16H,5-8,14H2,1-2H3,(H,15,17). The third kappa shape index (κ3) is 5.25. The van der Waals surface area contributed by atoms with Crippen LogP contribution in [0, 0.1) is 6.92 Å². The molecular weight excluding hydrogens is 246 g/mol. The van der Waals surface area contributed by atoms with Gasteiger partial charge in [-0.15, -0.1) is 0 Å². The van der Waals surface area contributed by atoms with Crippen LogP contribution in [0.1, 0.15) is 15.9 Å². The van der Waals surface area contributed by atoms with Crippen molar-refractivity contribution < 1.29 is 14.3 Å². The van der Waals surface area contributed by atoms with E-state index in [0.717, 1.165) is 5.56 Å². The molecule has 6 nitrogen and oxygen atoms in total. The second kappa shape index (κ2) is 8.47. The third-order valence-corrected chi connectivity index (χ3v) is 2.54. The minimum Gasteiger partial charge on any atom is -0.382 e. The number of anilines is 1. The maximum absolute atomic E-state index is 11.9. The Morgan fingerprint density at radius 2 is 2.11 bits per heavy atom. The van der Waals surface area contributed by atoms with Crippen LogP contribution in [-0.4, -0.2) is 39.4 Å². The minimum atomic E-state index is -0.178. The van der Waals surface area contributed by atoms with Crippen LogP contribution in [0.25, 0.3) is 0 Å².